The molecule has 0 atom stereocenters. The molecule has 1 heterocycles. The second-order valence-electron chi connectivity index (χ2n) is 5.07. The Bertz CT molecular complexity index is 426. The highest BCUT2D eigenvalue weighted by Crippen LogP contribution is 2.15. The second kappa shape index (κ2) is 6.68. The van der Waals surface area contributed by atoms with Gasteiger partial charge in [0.25, 0.3) is 0 Å². The summed E-state index contributed by atoms with van der Waals surface area (Å²) in [4.78, 5) is 16.5. The van der Waals surface area contributed by atoms with Crippen molar-refractivity contribution in [2.75, 3.05) is 51.8 Å². The molecule has 19 heavy (non-hydrogen) atoms. The summed E-state index contributed by atoms with van der Waals surface area (Å²) >= 11 is 0. The van der Waals surface area contributed by atoms with Crippen LogP contribution in [0.15, 0.2) is 24.3 Å². The molecular formula is C15H22N2O2. The van der Waals surface area contributed by atoms with E-state index in [-0.39, 0.29) is 5.78 Å². The maximum Gasteiger partial charge on any atom is 0.164 e. The van der Waals surface area contributed by atoms with Gasteiger partial charge in [0.1, 0.15) is 0 Å². The molecule has 1 saturated heterocycles. The number of ether oxygens (including phenoxy) is 1. The zero-order chi connectivity index (χ0) is 13.7. The largest absolute Gasteiger partial charge is 0.379 e. The molecular weight excluding hydrogens is 240 g/mol. The summed E-state index contributed by atoms with van der Waals surface area (Å²) in [5.41, 5.74) is 1.87. The first-order valence-corrected chi connectivity index (χ1v) is 6.77. The summed E-state index contributed by atoms with van der Waals surface area (Å²) in [5, 5.41) is 0. The standard InChI is InChI=1S/C15H22N2O2/c1-16(2)14-5-3-4-13(12-14)15(18)6-7-17-8-10-19-11-9-17/h3-5,12H,6-11H2,1-2H3. The van der Waals surface area contributed by atoms with Crippen molar-refractivity contribution in [3.63, 3.8) is 0 Å². The number of anilines is 1. The Kier molecular flexibility index (Phi) is 4.93. The number of ketones is 1. The van der Waals surface area contributed by atoms with Crippen LogP contribution in [-0.2, 0) is 4.74 Å². The van der Waals surface area contributed by atoms with Crippen molar-refractivity contribution in [3.8, 4) is 0 Å². The summed E-state index contributed by atoms with van der Waals surface area (Å²) in [6.45, 7) is 4.26. The van der Waals surface area contributed by atoms with Crippen LogP contribution in [-0.4, -0.2) is 57.6 Å². The number of benzene rings is 1. The van der Waals surface area contributed by atoms with E-state index >= 15 is 0 Å². The number of carbonyl (C=O) groups is 1. The summed E-state index contributed by atoms with van der Waals surface area (Å²) < 4.78 is 5.30. The van der Waals surface area contributed by atoms with Crippen molar-refractivity contribution >= 4 is 11.5 Å². The zero-order valence-electron chi connectivity index (χ0n) is 11.8. The Morgan fingerprint density at radius 2 is 2.05 bits per heavy atom. The molecule has 0 bridgehead atoms. The average Bonchev–Trinajstić information content (AvgIpc) is 2.46. The lowest BCUT2D eigenvalue weighted by Gasteiger charge is -2.26. The van der Waals surface area contributed by atoms with Crippen LogP contribution in [0, 0.1) is 0 Å². The van der Waals surface area contributed by atoms with Gasteiger partial charge in [0.2, 0.25) is 0 Å². The van der Waals surface area contributed by atoms with Gasteiger partial charge in [-0.3, -0.25) is 9.69 Å². The molecule has 2 rings (SSSR count). The monoisotopic (exact) mass is 262 g/mol. The van der Waals surface area contributed by atoms with Crippen molar-refractivity contribution in [1.82, 2.24) is 4.90 Å². The fourth-order valence-electron chi connectivity index (χ4n) is 2.19. The van der Waals surface area contributed by atoms with Gasteiger partial charge in [-0.2, -0.15) is 0 Å². The third-order valence-corrected chi connectivity index (χ3v) is 3.44. The third-order valence-electron chi connectivity index (χ3n) is 3.44. The van der Waals surface area contributed by atoms with E-state index in [4.69, 9.17) is 4.74 Å². The molecule has 1 aliphatic rings. The van der Waals surface area contributed by atoms with E-state index in [1.54, 1.807) is 0 Å². The van der Waals surface area contributed by atoms with Crippen molar-refractivity contribution in [2.45, 2.75) is 6.42 Å². The van der Waals surface area contributed by atoms with Gasteiger partial charge in [0.05, 0.1) is 13.2 Å². The number of carbonyl (C=O) groups excluding carboxylic acids is 1. The van der Waals surface area contributed by atoms with E-state index in [1.807, 2.05) is 43.3 Å². The highest BCUT2D eigenvalue weighted by molar-refractivity contribution is 5.97. The van der Waals surface area contributed by atoms with E-state index in [2.05, 4.69) is 4.90 Å². The average molecular weight is 262 g/mol. The molecule has 1 aromatic rings. The van der Waals surface area contributed by atoms with E-state index in [9.17, 15) is 4.79 Å². The summed E-state index contributed by atoms with van der Waals surface area (Å²) in [5.74, 6) is 0.218. The van der Waals surface area contributed by atoms with Gasteiger partial charge >= 0.3 is 0 Å². The maximum absolute atomic E-state index is 12.2. The summed E-state index contributed by atoms with van der Waals surface area (Å²) in [6.07, 6.45) is 0.580. The van der Waals surface area contributed by atoms with Crippen LogP contribution < -0.4 is 4.90 Å². The number of morpholine rings is 1. The van der Waals surface area contributed by atoms with Crippen LogP contribution >= 0.6 is 0 Å². The molecule has 0 unspecified atom stereocenters. The summed E-state index contributed by atoms with van der Waals surface area (Å²) in [6, 6.07) is 7.81. The van der Waals surface area contributed by atoms with Crippen molar-refractivity contribution in [3.05, 3.63) is 29.8 Å². The first-order chi connectivity index (χ1) is 9.16. The lowest BCUT2D eigenvalue weighted by molar-refractivity contribution is 0.0370. The predicted molar refractivity (Wildman–Crippen MR) is 77.0 cm³/mol. The first-order valence-electron chi connectivity index (χ1n) is 6.77. The highest BCUT2D eigenvalue weighted by Gasteiger charge is 2.13. The molecule has 0 radical (unpaired) electrons. The molecule has 4 heteroatoms. The normalized spacial score (nSPS) is 16.3. The Hall–Kier alpha value is -1.39. The van der Waals surface area contributed by atoms with Crippen LogP contribution in [0.2, 0.25) is 0 Å². The van der Waals surface area contributed by atoms with Crippen LogP contribution in [0.1, 0.15) is 16.8 Å². The van der Waals surface area contributed by atoms with Gasteiger partial charge in [-0.1, -0.05) is 12.1 Å². The van der Waals surface area contributed by atoms with E-state index in [0.29, 0.717) is 6.42 Å². The predicted octanol–water partition coefficient (Wildman–Crippen LogP) is 1.66. The lowest BCUT2D eigenvalue weighted by Crippen LogP contribution is -2.37. The third kappa shape index (κ3) is 4.04. The van der Waals surface area contributed by atoms with Gasteiger partial charge in [-0.05, 0) is 12.1 Å². The molecule has 4 nitrogen and oxygen atoms in total. The lowest BCUT2D eigenvalue weighted by atomic mass is 10.1. The van der Waals surface area contributed by atoms with Gasteiger partial charge < -0.3 is 9.64 Å². The van der Waals surface area contributed by atoms with Crippen molar-refractivity contribution < 1.29 is 9.53 Å². The zero-order valence-corrected chi connectivity index (χ0v) is 11.8. The molecule has 104 valence electrons. The molecule has 0 amide bonds. The quantitative estimate of drug-likeness (QED) is 0.756. The molecule has 1 aliphatic heterocycles. The van der Waals surface area contributed by atoms with Crippen LogP contribution in [0.5, 0.6) is 0 Å². The van der Waals surface area contributed by atoms with Gasteiger partial charge in [-0.15, -0.1) is 0 Å². The van der Waals surface area contributed by atoms with Gasteiger partial charge in [0, 0.05) is 51.4 Å². The Morgan fingerprint density at radius 3 is 2.74 bits per heavy atom. The minimum Gasteiger partial charge on any atom is -0.379 e. The van der Waals surface area contributed by atoms with Gasteiger partial charge in [0.15, 0.2) is 5.78 Å². The minimum atomic E-state index is 0.218. The van der Waals surface area contributed by atoms with Crippen molar-refractivity contribution in [2.24, 2.45) is 0 Å². The molecule has 1 aromatic carbocycles. The number of hydrogen-bond acceptors (Lipinski definition) is 4. The van der Waals surface area contributed by atoms with Gasteiger partial charge in [-0.25, -0.2) is 0 Å². The fraction of sp³-hybridized carbons (Fsp3) is 0.533. The number of nitrogens with zero attached hydrogens (tertiary/aromatic N) is 2. The topological polar surface area (TPSA) is 32.8 Å². The molecule has 1 fully saturated rings. The number of hydrogen-bond donors (Lipinski definition) is 0. The van der Waals surface area contributed by atoms with E-state index in [0.717, 1.165) is 44.1 Å². The molecule has 0 saturated carbocycles. The maximum atomic E-state index is 12.2. The van der Waals surface area contributed by atoms with Crippen LogP contribution in [0.3, 0.4) is 0 Å². The highest BCUT2D eigenvalue weighted by atomic mass is 16.5. The first kappa shape index (κ1) is 14.0. The Balaban J connectivity index is 1.90. The van der Waals surface area contributed by atoms with E-state index < -0.39 is 0 Å². The van der Waals surface area contributed by atoms with Crippen LogP contribution in [0.25, 0.3) is 0 Å². The summed E-state index contributed by atoms with van der Waals surface area (Å²) in [7, 11) is 3.97. The van der Waals surface area contributed by atoms with Crippen LogP contribution in [0.4, 0.5) is 5.69 Å². The number of rotatable bonds is 5. The SMILES string of the molecule is CN(C)c1cccc(C(=O)CCN2CCOCC2)c1. The molecule has 0 spiro atoms. The van der Waals surface area contributed by atoms with Crippen molar-refractivity contribution in [1.29, 1.82) is 0 Å². The smallest absolute Gasteiger partial charge is 0.164 e. The minimum absolute atomic E-state index is 0.218. The number of Topliss-reactive ketones (excluding diaryl/α,β-unsaturated/α-hetero) is 1. The molecule has 0 N–H and O–H groups in total. The Morgan fingerprint density at radius 1 is 1.32 bits per heavy atom. The fourth-order valence-corrected chi connectivity index (χ4v) is 2.19. The Labute approximate surface area is 115 Å². The second-order valence-corrected chi connectivity index (χ2v) is 5.07. The molecule has 0 aliphatic carbocycles. The molecule has 0 aromatic heterocycles. The van der Waals surface area contributed by atoms with E-state index in [1.165, 1.54) is 0 Å².